The number of para-hydroxylation sites is 1. The molecule has 1 heterocycles. The Bertz CT molecular complexity index is 2320. The quantitative estimate of drug-likeness (QED) is 0.219. The highest BCUT2D eigenvalue weighted by Gasteiger charge is 2.15. The van der Waals surface area contributed by atoms with Crippen molar-refractivity contribution in [3.05, 3.63) is 145 Å². The first-order chi connectivity index (χ1) is 21.2. The molecule has 0 spiro atoms. The van der Waals surface area contributed by atoms with E-state index in [9.17, 15) is 5.26 Å². The van der Waals surface area contributed by atoms with E-state index in [-0.39, 0.29) is 0 Å². The molecule has 0 amide bonds. The molecule has 0 unspecified atom stereocenters. The van der Waals surface area contributed by atoms with Crippen molar-refractivity contribution in [1.82, 2.24) is 0 Å². The summed E-state index contributed by atoms with van der Waals surface area (Å²) in [5.41, 5.74) is 9.44. The Hall–Kier alpha value is -5.65. The molecule has 1 aromatic heterocycles. The third kappa shape index (κ3) is 4.62. The summed E-state index contributed by atoms with van der Waals surface area (Å²) >= 11 is 0. The molecule has 0 saturated carbocycles. The van der Waals surface area contributed by atoms with Crippen LogP contribution >= 0.6 is 0 Å². The molecule has 0 fully saturated rings. The minimum atomic E-state index is 0.673. The van der Waals surface area contributed by atoms with E-state index in [2.05, 4.69) is 109 Å². The van der Waals surface area contributed by atoms with Crippen LogP contribution in [0.1, 0.15) is 19.4 Å². The second-order valence-electron chi connectivity index (χ2n) is 10.5. The molecule has 2 nitrogen and oxygen atoms in total. The Balaban J connectivity index is 0.00000147. The van der Waals surface area contributed by atoms with Crippen molar-refractivity contribution in [2.75, 3.05) is 0 Å². The lowest BCUT2D eigenvalue weighted by atomic mass is 9.93. The van der Waals surface area contributed by atoms with Crippen molar-refractivity contribution in [2.24, 2.45) is 0 Å². The third-order valence-electron chi connectivity index (χ3n) is 8.08. The number of fused-ring (bicyclic) bond motifs is 6. The first-order valence-corrected chi connectivity index (χ1v) is 14.7. The second-order valence-corrected chi connectivity index (χ2v) is 10.5. The average molecular weight is 552 g/mol. The third-order valence-corrected chi connectivity index (χ3v) is 8.08. The minimum absolute atomic E-state index is 0.673. The molecule has 0 saturated heterocycles. The zero-order valence-electron chi connectivity index (χ0n) is 24.1. The Kier molecular flexibility index (Phi) is 6.70. The van der Waals surface area contributed by atoms with Gasteiger partial charge in [0.2, 0.25) is 0 Å². The fraction of sp³-hybridized carbons (Fsp3) is 0.0488. The van der Waals surface area contributed by atoms with Crippen molar-refractivity contribution in [3.8, 4) is 39.4 Å². The molecule has 0 aliphatic carbocycles. The summed E-state index contributed by atoms with van der Waals surface area (Å²) < 4.78 is 6.31. The molecule has 8 aromatic rings. The number of nitriles is 1. The van der Waals surface area contributed by atoms with E-state index in [0.717, 1.165) is 38.5 Å². The van der Waals surface area contributed by atoms with Crippen LogP contribution in [-0.2, 0) is 0 Å². The molecule has 0 bridgehead atoms. The summed E-state index contributed by atoms with van der Waals surface area (Å²) in [7, 11) is 0. The molecular formula is C41H29NO. The van der Waals surface area contributed by atoms with Crippen molar-refractivity contribution >= 4 is 43.5 Å². The molecule has 0 atom stereocenters. The van der Waals surface area contributed by atoms with Gasteiger partial charge >= 0.3 is 0 Å². The summed E-state index contributed by atoms with van der Waals surface area (Å²) in [5.74, 6) is 0. The van der Waals surface area contributed by atoms with E-state index >= 15 is 0 Å². The van der Waals surface area contributed by atoms with Gasteiger partial charge in [-0.3, -0.25) is 0 Å². The lowest BCUT2D eigenvalue weighted by molar-refractivity contribution is 0.672. The molecule has 0 aliphatic heterocycles. The summed E-state index contributed by atoms with van der Waals surface area (Å²) in [6.07, 6.45) is 0. The molecule has 2 heteroatoms. The summed E-state index contributed by atoms with van der Waals surface area (Å²) in [6.45, 7) is 4.00. The van der Waals surface area contributed by atoms with Gasteiger partial charge in [0.25, 0.3) is 0 Å². The normalized spacial score (nSPS) is 11.0. The van der Waals surface area contributed by atoms with E-state index in [4.69, 9.17) is 4.42 Å². The van der Waals surface area contributed by atoms with Crippen molar-refractivity contribution in [1.29, 1.82) is 5.26 Å². The van der Waals surface area contributed by atoms with Crippen LogP contribution in [0.15, 0.2) is 144 Å². The summed E-state index contributed by atoms with van der Waals surface area (Å²) in [4.78, 5) is 0. The SMILES string of the molecule is CC.N#Cc1cccc(-c2ccc(-c3ccc4cc(-c5cc6c7ccccc7oc6c6ccccc56)ccc4c3)cc2)c1. The largest absolute Gasteiger partial charge is 0.455 e. The first kappa shape index (κ1) is 26.3. The second kappa shape index (κ2) is 11.0. The van der Waals surface area contributed by atoms with Gasteiger partial charge in [0.05, 0.1) is 11.6 Å². The van der Waals surface area contributed by atoms with Crippen LogP contribution in [0.5, 0.6) is 0 Å². The van der Waals surface area contributed by atoms with E-state index in [1.54, 1.807) is 0 Å². The molecule has 7 aromatic carbocycles. The molecule has 0 N–H and O–H groups in total. The van der Waals surface area contributed by atoms with Crippen LogP contribution in [0.3, 0.4) is 0 Å². The zero-order chi connectivity index (χ0) is 29.3. The zero-order valence-corrected chi connectivity index (χ0v) is 24.1. The molecular weight excluding hydrogens is 522 g/mol. The molecule has 204 valence electrons. The van der Waals surface area contributed by atoms with Gasteiger partial charge in [0, 0.05) is 16.2 Å². The maximum Gasteiger partial charge on any atom is 0.143 e. The van der Waals surface area contributed by atoms with E-state index in [0.29, 0.717) is 5.56 Å². The molecule has 0 aliphatic rings. The Morgan fingerprint density at radius 2 is 1.05 bits per heavy atom. The molecule has 8 rings (SSSR count). The monoisotopic (exact) mass is 551 g/mol. The van der Waals surface area contributed by atoms with Gasteiger partial charge < -0.3 is 4.42 Å². The molecule has 0 radical (unpaired) electrons. The van der Waals surface area contributed by atoms with E-state index in [1.807, 2.05) is 50.2 Å². The van der Waals surface area contributed by atoms with Gasteiger partial charge in [0.15, 0.2) is 0 Å². The highest BCUT2D eigenvalue weighted by molar-refractivity contribution is 6.19. The number of furan rings is 1. The van der Waals surface area contributed by atoms with E-state index in [1.165, 1.54) is 38.4 Å². The summed E-state index contributed by atoms with van der Waals surface area (Å²) in [5, 5.41) is 16.3. The van der Waals surface area contributed by atoms with E-state index < -0.39 is 0 Å². The minimum Gasteiger partial charge on any atom is -0.455 e. The van der Waals surface area contributed by atoms with Crippen LogP contribution in [0.4, 0.5) is 0 Å². The molecule has 43 heavy (non-hydrogen) atoms. The Morgan fingerprint density at radius 3 is 1.77 bits per heavy atom. The van der Waals surface area contributed by atoms with Crippen LogP contribution < -0.4 is 0 Å². The maximum absolute atomic E-state index is 9.23. The van der Waals surface area contributed by atoms with Gasteiger partial charge in [-0.2, -0.15) is 5.26 Å². The lowest BCUT2D eigenvalue weighted by Crippen LogP contribution is -1.85. The van der Waals surface area contributed by atoms with Gasteiger partial charge in [0.1, 0.15) is 11.2 Å². The Labute approximate surface area is 251 Å². The number of benzene rings is 7. The predicted molar refractivity (Wildman–Crippen MR) is 181 cm³/mol. The number of hydrogen-bond donors (Lipinski definition) is 0. The maximum atomic E-state index is 9.23. The number of nitrogens with zero attached hydrogens (tertiary/aromatic N) is 1. The fourth-order valence-electron chi connectivity index (χ4n) is 6.00. The number of hydrogen-bond acceptors (Lipinski definition) is 2. The highest BCUT2D eigenvalue weighted by atomic mass is 16.3. The van der Waals surface area contributed by atoms with Gasteiger partial charge in [-0.1, -0.05) is 117 Å². The Morgan fingerprint density at radius 1 is 0.465 bits per heavy atom. The topological polar surface area (TPSA) is 36.9 Å². The smallest absolute Gasteiger partial charge is 0.143 e. The lowest BCUT2D eigenvalue weighted by Gasteiger charge is -2.11. The van der Waals surface area contributed by atoms with Crippen molar-refractivity contribution < 1.29 is 4.42 Å². The number of rotatable bonds is 3. The van der Waals surface area contributed by atoms with Crippen LogP contribution in [0.2, 0.25) is 0 Å². The van der Waals surface area contributed by atoms with Crippen LogP contribution in [0, 0.1) is 11.3 Å². The first-order valence-electron chi connectivity index (χ1n) is 14.7. The van der Waals surface area contributed by atoms with Crippen LogP contribution in [-0.4, -0.2) is 0 Å². The standard InChI is InChI=1S/C39H23NO.C2H6/c40-24-25-6-5-7-28(20-25)26-12-14-27(15-13-26)29-16-17-31-22-32(19-18-30(31)21-29)36-23-37-34-9-3-4-11-38(34)41-39(37)35-10-2-1-8-33(35)36;1-2/h1-23H;1-2H3. The highest BCUT2D eigenvalue weighted by Crippen LogP contribution is 2.40. The van der Waals surface area contributed by atoms with Crippen molar-refractivity contribution in [3.63, 3.8) is 0 Å². The average Bonchev–Trinajstić information content (AvgIpc) is 3.47. The summed E-state index contributed by atoms with van der Waals surface area (Å²) in [6, 6.07) is 51.0. The fourth-order valence-corrected chi connectivity index (χ4v) is 6.00. The van der Waals surface area contributed by atoms with Gasteiger partial charge in [-0.25, -0.2) is 0 Å². The van der Waals surface area contributed by atoms with Gasteiger partial charge in [-0.15, -0.1) is 0 Å². The van der Waals surface area contributed by atoms with Crippen molar-refractivity contribution in [2.45, 2.75) is 13.8 Å². The van der Waals surface area contributed by atoms with Gasteiger partial charge in [-0.05, 0) is 85.9 Å². The predicted octanol–water partition coefficient (Wildman–Crippen LogP) is 11.8. The van der Waals surface area contributed by atoms with Crippen LogP contribution in [0.25, 0.3) is 76.9 Å².